The van der Waals surface area contributed by atoms with E-state index in [1.54, 1.807) is 12.1 Å². The lowest BCUT2D eigenvalue weighted by molar-refractivity contribution is -0.123. The Hall–Kier alpha value is -2.34. The number of aryl methyl sites for hydroxylation is 1. The van der Waals surface area contributed by atoms with Crippen LogP contribution in [0.1, 0.15) is 47.1 Å². The number of alkyl halides is 2. The number of nitrogens with one attached hydrogen (secondary N) is 1. The Labute approximate surface area is 176 Å². The van der Waals surface area contributed by atoms with Gasteiger partial charge in [0.25, 0.3) is 0 Å². The number of benzene rings is 2. The summed E-state index contributed by atoms with van der Waals surface area (Å²) in [7, 11) is 2.06. The summed E-state index contributed by atoms with van der Waals surface area (Å²) in [6.07, 6.45) is 1.92. The molecular formula is C24H29F3N2O. The van der Waals surface area contributed by atoms with Gasteiger partial charge in [-0.1, -0.05) is 24.3 Å². The highest BCUT2D eigenvalue weighted by molar-refractivity contribution is 5.78. The normalized spacial score (nSPS) is 16.4. The molecule has 1 N–H and O–H groups in total. The molecule has 2 aromatic carbocycles. The maximum Gasteiger partial charge on any atom is 0.221 e. The number of nitrogens with zero attached hydrogens (tertiary/aromatic N) is 1. The first-order chi connectivity index (χ1) is 14.3. The summed E-state index contributed by atoms with van der Waals surface area (Å²) in [5.41, 5.74) is 3.02. The van der Waals surface area contributed by atoms with Crippen LogP contribution >= 0.6 is 0 Å². The highest BCUT2D eigenvalue weighted by Gasteiger charge is 2.38. The average Bonchev–Trinajstić information content (AvgIpc) is 2.73. The molecule has 1 aliphatic heterocycles. The van der Waals surface area contributed by atoms with Crippen LogP contribution in [0.15, 0.2) is 36.4 Å². The van der Waals surface area contributed by atoms with Crippen molar-refractivity contribution in [3.8, 4) is 0 Å². The van der Waals surface area contributed by atoms with E-state index >= 15 is 0 Å². The van der Waals surface area contributed by atoms with Gasteiger partial charge >= 0.3 is 0 Å². The van der Waals surface area contributed by atoms with Gasteiger partial charge < -0.3 is 10.2 Å². The lowest BCUT2D eigenvalue weighted by Gasteiger charge is -2.41. The van der Waals surface area contributed by atoms with E-state index in [2.05, 4.69) is 17.3 Å². The second kappa shape index (κ2) is 9.65. The van der Waals surface area contributed by atoms with Crippen molar-refractivity contribution in [3.63, 3.8) is 0 Å². The fourth-order valence-corrected chi connectivity index (χ4v) is 4.48. The van der Waals surface area contributed by atoms with Crippen LogP contribution in [0.5, 0.6) is 0 Å². The average molecular weight is 419 g/mol. The fraction of sp³-hybridized carbons (Fsp3) is 0.458. The second-order valence-electron chi connectivity index (χ2n) is 8.42. The molecule has 30 heavy (non-hydrogen) atoms. The SMILES string of the molecule is Cc1cc(F)ccc1C1(CC(=O)NCc2cc(CF)cc(CF)c2)CCN(C)CC1. The predicted octanol–water partition coefficient (Wildman–Crippen LogP) is 4.74. The number of rotatable bonds is 7. The van der Waals surface area contributed by atoms with Crippen LogP contribution in [0.25, 0.3) is 0 Å². The van der Waals surface area contributed by atoms with Gasteiger partial charge in [-0.2, -0.15) is 0 Å². The molecule has 3 nitrogen and oxygen atoms in total. The van der Waals surface area contributed by atoms with E-state index in [0.29, 0.717) is 23.1 Å². The van der Waals surface area contributed by atoms with Gasteiger partial charge in [0.2, 0.25) is 5.91 Å². The molecule has 2 aromatic rings. The maximum atomic E-state index is 13.7. The fourth-order valence-electron chi connectivity index (χ4n) is 4.48. The molecule has 0 saturated carbocycles. The minimum Gasteiger partial charge on any atom is -0.352 e. The predicted molar refractivity (Wildman–Crippen MR) is 112 cm³/mol. The van der Waals surface area contributed by atoms with E-state index in [1.165, 1.54) is 18.2 Å². The Morgan fingerprint density at radius 3 is 2.20 bits per heavy atom. The van der Waals surface area contributed by atoms with Crippen molar-refractivity contribution in [1.29, 1.82) is 0 Å². The van der Waals surface area contributed by atoms with Crippen LogP contribution < -0.4 is 5.32 Å². The number of hydrogen-bond acceptors (Lipinski definition) is 2. The summed E-state index contributed by atoms with van der Waals surface area (Å²) < 4.78 is 39.7. The minimum absolute atomic E-state index is 0.115. The number of carbonyl (C=O) groups is 1. The summed E-state index contributed by atoms with van der Waals surface area (Å²) in [4.78, 5) is 15.1. The molecule has 0 atom stereocenters. The van der Waals surface area contributed by atoms with Crippen LogP contribution in [0.2, 0.25) is 0 Å². The highest BCUT2D eigenvalue weighted by Crippen LogP contribution is 2.40. The molecule has 1 amide bonds. The molecule has 1 saturated heterocycles. The Kier molecular flexibility index (Phi) is 7.19. The van der Waals surface area contributed by atoms with Crippen molar-refractivity contribution >= 4 is 5.91 Å². The van der Waals surface area contributed by atoms with Crippen molar-refractivity contribution < 1.29 is 18.0 Å². The monoisotopic (exact) mass is 418 g/mol. The third-order valence-electron chi connectivity index (χ3n) is 6.11. The number of hydrogen-bond donors (Lipinski definition) is 1. The van der Waals surface area contributed by atoms with Crippen LogP contribution in [0.3, 0.4) is 0 Å². The van der Waals surface area contributed by atoms with Crippen molar-refractivity contribution in [2.24, 2.45) is 0 Å². The summed E-state index contributed by atoms with van der Waals surface area (Å²) in [5, 5.41) is 2.91. The first kappa shape index (κ1) is 22.3. The van der Waals surface area contributed by atoms with E-state index < -0.39 is 13.3 Å². The number of amides is 1. The van der Waals surface area contributed by atoms with E-state index in [0.717, 1.165) is 37.1 Å². The van der Waals surface area contributed by atoms with Crippen molar-refractivity contribution in [2.75, 3.05) is 20.1 Å². The molecule has 3 rings (SSSR count). The van der Waals surface area contributed by atoms with Crippen molar-refractivity contribution in [2.45, 2.75) is 51.5 Å². The van der Waals surface area contributed by atoms with Gasteiger partial charge in [0.15, 0.2) is 0 Å². The molecule has 1 aliphatic rings. The second-order valence-corrected chi connectivity index (χ2v) is 8.42. The third kappa shape index (κ3) is 5.22. The van der Waals surface area contributed by atoms with Crippen LogP contribution in [0, 0.1) is 12.7 Å². The molecule has 1 heterocycles. The van der Waals surface area contributed by atoms with E-state index in [1.807, 2.05) is 13.0 Å². The van der Waals surface area contributed by atoms with E-state index in [-0.39, 0.29) is 23.7 Å². The Morgan fingerprint density at radius 1 is 1.03 bits per heavy atom. The number of likely N-dealkylation sites (tertiary alicyclic amines) is 1. The topological polar surface area (TPSA) is 32.3 Å². The van der Waals surface area contributed by atoms with E-state index in [9.17, 15) is 18.0 Å². The molecule has 1 fully saturated rings. The zero-order valence-corrected chi connectivity index (χ0v) is 17.6. The number of carbonyl (C=O) groups excluding carboxylic acids is 1. The van der Waals surface area contributed by atoms with Gasteiger partial charge in [-0.05, 0) is 79.9 Å². The third-order valence-corrected chi connectivity index (χ3v) is 6.11. The van der Waals surface area contributed by atoms with Gasteiger partial charge in [-0.25, -0.2) is 13.2 Å². The van der Waals surface area contributed by atoms with Gasteiger partial charge in [-0.15, -0.1) is 0 Å². The van der Waals surface area contributed by atoms with Crippen LogP contribution in [-0.2, 0) is 30.1 Å². The maximum absolute atomic E-state index is 13.7. The Morgan fingerprint density at radius 2 is 1.63 bits per heavy atom. The van der Waals surface area contributed by atoms with Gasteiger partial charge in [0.05, 0.1) is 0 Å². The lowest BCUT2D eigenvalue weighted by Crippen LogP contribution is -2.44. The molecule has 0 aliphatic carbocycles. The zero-order chi connectivity index (χ0) is 21.7. The summed E-state index contributed by atoms with van der Waals surface area (Å²) in [6.45, 7) is 2.49. The highest BCUT2D eigenvalue weighted by atomic mass is 19.1. The quantitative estimate of drug-likeness (QED) is 0.704. The summed E-state index contributed by atoms with van der Waals surface area (Å²) >= 11 is 0. The number of piperidine rings is 1. The molecule has 0 unspecified atom stereocenters. The zero-order valence-electron chi connectivity index (χ0n) is 17.6. The smallest absolute Gasteiger partial charge is 0.221 e. The van der Waals surface area contributed by atoms with E-state index in [4.69, 9.17) is 0 Å². The van der Waals surface area contributed by atoms with Gasteiger partial charge in [-0.3, -0.25) is 4.79 Å². The molecule has 0 spiro atoms. The van der Waals surface area contributed by atoms with Crippen LogP contribution in [0.4, 0.5) is 13.2 Å². The first-order valence-corrected chi connectivity index (χ1v) is 10.3. The molecular weight excluding hydrogens is 389 g/mol. The molecule has 0 aromatic heterocycles. The first-order valence-electron chi connectivity index (χ1n) is 10.3. The Balaban J connectivity index is 1.76. The molecule has 6 heteroatoms. The van der Waals surface area contributed by atoms with Gasteiger partial charge in [0, 0.05) is 18.4 Å². The Bertz CT molecular complexity index is 870. The lowest BCUT2D eigenvalue weighted by atomic mass is 9.69. The van der Waals surface area contributed by atoms with Crippen molar-refractivity contribution in [1.82, 2.24) is 10.2 Å². The standard InChI is InChI=1S/C24H29F3N2O/c1-17-9-21(27)3-4-22(17)24(5-7-29(2)8-6-24)13-23(30)28-16-20-11-18(14-25)10-19(12-20)15-26/h3-4,9-12H,5-8,13-16H2,1-2H3,(H,28,30). The molecule has 0 bridgehead atoms. The molecule has 0 radical (unpaired) electrons. The van der Waals surface area contributed by atoms with Gasteiger partial charge in [0.1, 0.15) is 19.2 Å². The van der Waals surface area contributed by atoms with Crippen molar-refractivity contribution in [3.05, 3.63) is 70.0 Å². The summed E-state index contributed by atoms with van der Waals surface area (Å²) in [5.74, 6) is -0.393. The largest absolute Gasteiger partial charge is 0.352 e. The number of halogens is 3. The molecule has 162 valence electrons. The minimum atomic E-state index is -0.671. The summed E-state index contributed by atoms with van der Waals surface area (Å²) in [6, 6.07) is 9.58. The van der Waals surface area contributed by atoms with Crippen LogP contribution in [-0.4, -0.2) is 30.9 Å².